The Morgan fingerprint density at radius 2 is 1.70 bits per heavy atom. The summed E-state index contributed by atoms with van der Waals surface area (Å²) in [5.41, 5.74) is 2.22. The fourth-order valence-corrected chi connectivity index (χ4v) is 8.86. The first-order valence-electron chi connectivity index (χ1n) is 12.5. The molecule has 0 heterocycles. The van der Waals surface area contributed by atoms with E-state index in [1.165, 1.54) is 44.1 Å². The van der Waals surface area contributed by atoms with E-state index in [0.717, 1.165) is 36.7 Å². The van der Waals surface area contributed by atoms with Gasteiger partial charge in [-0.15, -0.1) is 0 Å². The number of hydrogen-bond donors (Lipinski definition) is 1. The Balaban J connectivity index is 1.40. The van der Waals surface area contributed by atoms with Gasteiger partial charge in [0.15, 0.2) is 5.78 Å². The molecule has 0 unspecified atom stereocenters. The molecule has 0 aliphatic heterocycles. The number of ketones is 1. The van der Waals surface area contributed by atoms with Crippen LogP contribution in [-0.4, -0.2) is 16.5 Å². The van der Waals surface area contributed by atoms with Crippen molar-refractivity contribution in [3.63, 3.8) is 0 Å². The van der Waals surface area contributed by atoms with Crippen molar-refractivity contribution in [2.24, 2.45) is 40.4 Å². The molecule has 0 radical (unpaired) electrons. The van der Waals surface area contributed by atoms with Crippen molar-refractivity contribution in [2.45, 2.75) is 91.1 Å². The molecule has 1 aromatic rings. The average Bonchev–Trinajstić information content (AvgIpc) is 3.05. The third kappa shape index (κ3) is 3.04. The summed E-state index contributed by atoms with van der Waals surface area (Å²) in [7, 11) is 0. The predicted octanol–water partition coefficient (Wildman–Crippen LogP) is 6.59. The Labute approximate surface area is 182 Å². The minimum Gasteiger partial charge on any atom is -0.390 e. The molecule has 0 spiro atoms. The largest absolute Gasteiger partial charge is 0.390 e. The van der Waals surface area contributed by atoms with Gasteiger partial charge in [-0.3, -0.25) is 4.79 Å². The van der Waals surface area contributed by atoms with Crippen LogP contribution >= 0.6 is 0 Å². The molecule has 164 valence electrons. The zero-order valence-electron chi connectivity index (χ0n) is 19.4. The number of fused-ring (bicyclic) bond motifs is 5. The number of rotatable bonds is 2. The fourth-order valence-electron chi connectivity index (χ4n) is 8.86. The second-order valence-electron chi connectivity index (χ2n) is 12.3. The van der Waals surface area contributed by atoms with Crippen molar-refractivity contribution in [1.82, 2.24) is 0 Å². The van der Waals surface area contributed by atoms with Crippen LogP contribution in [0.2, 0.25) is 0 Å². The predicted molar refractivity (Wildman–Crippen MR) is 121 cm³/mol. The molecule has 2 heteroatoms. The summed E-state index contributed by atoms with van der Waals surface area (Å²) in [5.74, 6) is 3.55. The van der Waals surface area contributed by atoms with Crippen LogP contribution in [0, 0.1) is 47.3 Å². The lowest BCUT2D eigenvalue weighted by molar-refractivity contribution is -0.144. The van der Waals surface area contributed by atoms with E-state index in [4.69, 9.17) is 0 Å². The summed E-state index contributed by atoms with van der Waals surface area (Å²) < 4.78 is 0. The molecule has 4 aliphatic rings. The van der Waals surface area contributed by atoms with Gasteiger partial charge in [-0.2, -0.15) is 0 Å². The number of Topliss-reactive ketones (excluding diaryl/α,β-unsaturated/α-hetero) is 1. The Morgan fingerprint density at radius 1 is 0.933 bits per heavy atom. The van der Waals surface area contributed by atoms with Crippen molar-refractivity contribution in [3.8, 4) is 0 Å². The first kappa shape index (κ1) is 20.7. The van der Waals surface area contributed by atoms with Crippen molar-refractivity contribution < 1.29 is 9.90 Å². The quantitative estimate of drug-likeness (QED) is 0.561. The van der Waals surface area contributed by atoms with Gasteiger partial charge in [0.25, 0.3) is 0 Å². The molecule has 8 atom stereocenters. The third-order valence-corrected chi connectivity index (χ3v) is 10.6. The van der Waals surface area contributed by atoms with Crippen molar-refractivity contribution in [1.29, 1.82) is 0 Å². The molecule has 1 N–H and O–H groups in total. The lowest BCUT2D eigenvalue weighted by Crippen LogP contribution is -2.55. The Morgan fingerprint density at radius 3 is 2.47 bits per heavy atom. The van der Waals surface area contributed by atoms with Crippen LogP contribution in [0.5, 0.6) is 0 Å². The molecule has 4 fully saturated rings. The van der Waals surface area contributed by atoms with Crippen LogP contribution in [0.3, 0.4) is 0 Å². The first-order chi connectivity index (χ1) is 14.1. The molecule has 0 amide bonds. The summed E-state index contributed by atoms with van der Waals surface area (Å²) in [6.45, 7) is 9.15. The molecule has 0 saturated heterocycles. The minimum atomic E-state index is -0.459. The van der Waals surface area contributed by atoms with Gasteiger partial charge >= 0.3 is 0 Å². The van der Waals surface area contributed by atoms with Crippen molar-refractivity contribution in [3.05, 3.63) is 35.4 Å². The molecular weight excluding hydrogens is 368 g/mol. The molecule has 0 aromatic heterocycles. The maximum atomic E-state index is 13.6. The van der Waals surface area contributed by atoms with Gasteiger partial charge in [-0.1, -0.05) is 37.6 Å². The van der Waals surface area contributed by atoms with Crippen LogP contribution in [0.25, 0.3) is 0 Å². The smallest absolute Gasteiger partial charge is 0.166 e. The maximum absolute atomic E-state index is 13.6. The van der Waals surface area contributed by atoms with Gasteiger partial charge in [-0.05, 0) is 112 Å². The van der Waals surface area contributed by atoms with E-state index in [-0.39, 0.29) is 11.3 Å². The molecular formula is C28H40O2. The number of carbonyl (C=O) groups excluding carboxylic acids is 1. The topological polar surface area (TPSA) is 37.3 Å². The number of benzene rings is 1. The highest BCUT2D eigenvalue weighted by atomic mass is 16.3. The number of carbonyl (C=O) groups is 1. The summed E-state index contributed by atoms with van der Waals surface area (Å²) in [6, 6.07) is 8.23. The Kier molecular flexibility index (Phi) is 4.79. The molecule has 1 aromatic carbocycles. The number of hydrogen-bond acceptors (Lipinski definition) is 2. The zero-order chi connectivity index (χ0) is 21.3. The second-order valence-corrected chi connectivity index (χ2v) is 12.3. The molecule has 5 rings (SSSR count). The van der Waals surface area contributed by atoms with Crippen LogP contribution in [0.4, 0.5) is 0 Å². The molecule has 4 saturated carbocycles. The minimum absolute atomic E-state index is 0.172. The van der Waals surface area contributed by atoms with E-state index in [9.17, 15) is 9.90 Å². The fraction of sp³-hybridized carbons (Fsp3) is 0.750. The van der Waals surface area contributed by atoms with Gasteiger partial charge in [-0.25, -0.2) is 0 Å². The van der Waals surface area contributed by atoms with E-state index < -0.39 is 5.60 Å². The highest BCUT2D eigenvalue weighted by Crippen LogP contribution is 2.68. The number of aryl methyl sites for hydroxylation is 1. The van der Waals surface area contributed by atoms with Gasteiger partial charge in [0.2, 0.25) is 0 Å². The summed E-state index contributed by atoms with van der Waals surface area (Å²) in [6.07, 6.45) is 10.5. The summed E-state index contributed by atoms with van der Waals surface area (Å²) in [4.78, 5) is 13.6. The van der Waals surface area contributed by atoms with Crippen molar-refractivity contribution in [2.75, 3.05) is 0 Å². The third-order valence-electron chi connectivity index (χ3n) is 10.6. The zero-order valence-corrected chi connectivity index (χ0v) is 19.4. The molecule has 4 aliphatic carbocycles. The van der Waals surface area contributed by atoms with Crippen LogP contribution in [0.1, 0.15) is 94.5 Å². The van der Waals surface area contributed by atoms with E-state index in [1.54, 1.807) is 0 Å². The summed E-state index contributed by atoms with van der Waals surface area (Å²) in [5, 5.41) is 10.7. The molecule has 30 heavy (non-hydrogen) atoms. The standard InChI is InChI=1S/C28H40O2/c1-18-6-5-7-19(16-18)25(29)24-11-10-22-21-9-8-20-17-26(2,30)14-15-27(20,3)23(21)12-13-28(22,24)4/h5-7,16,20-24,30H,8-15,17H2,1-4H3/t20-,21-,22-,23-,24+,26+,27-,28-/m0/s1. The van der Waals surface area contributed by atoms with Crippen LogP contribution < -0.4 is 0 Å². The monoisotopic (exact) mass is 408 g/mol. The van der Waals surface area contributed by atoms with Crippen LogP contribution in [0.15, 0.2) is 24.3 Å². The maximum Gasteiger partial charge on any atom is 0.166 e. The van der Waals surface area contributed by atoms with E-state index in [0.29, 0.717) is 23.0 Å². The normalized spacial score (nSPS) is 47.8. The lowest BCUT2D eigenvalue weighted by Gasteiger charge is -2.61. The van der Waals surface area contributed by atoms with Gasteiger partial charge in [0.05, 0.1) is 5.60 Å². The first-order valence-corrected chi connectivity index (χ1v) is 12.5. The van der Waals surface area contributed by atoms with Gasteiger partial charge < -0.3 is 5.11 Å². The SMILES string of the molecule is Cc1cccc(C(=O)[C@H]2CC[C@H]3[C@@H]4CC[C@H]5C[C@](C)(O)CC[C@]5(C)[C@H]4CC[C@]23C)c1. The summed E-state index contributed by atoms with van der Waals surface area (Å²) >= 11 is 0. The van der Waals surface area contributed by atoms with Crippen LogP contribution in [-0.2, 0) is 0 Å². The highest BCUT2D eigenvalue weighted by Gasteiger charge is 2.61. The Bertz CT molecular complexity index is 841. The van der Waals surface area contributed by atoms with Crippen molar-refractivity contribution >= 4 is 5.78 Å². The highest BCUT2D eigenvalue weighted by molar-refractivity contribution is 5.98. The Hall–Kier alpha value is -1.15. The van der Waals surface area contributed by atoms with E-state index in [1.807, 2.05) is 12.1 Å². The average molecular weight is 409 g/mol. The molecule has 0 bridgehead atoms. The lowest BCUT2D eigenvalue weighted by atomic mass is 9.44. The van der Waals surface area contributed by atoms with Gasteiger partial charge in [0.1, 0.15) is 0 Å². The number of aliphatic hydroxyl groups is 1. The van der Waals surface area contributed by atoms with Gasteiger partial charge in [0, 0.05) is 11.5 Å². The molecule has 2 nitrogen and oxygen atoms in total. The van der Waals surface area contributed by atoms with E-state index in [2.05, 4.69) is 39.8 Å². The second kappa shape index (κ2) is 6.92. The van der Waals surface area contributed by atoms with E-state index >= 15 is 0 Å².